The summed E-state index contributed by atoms with van der Waals surface area (Å²) >= 11 is 1.30. The summed E-state index contributed by atoms with van der Waals surface area (Å²) in [5, 5.41) is 7.21. The summed E-state index contributed by atoms with van der Waals surface area (Å²) in [6, 6.07) is 17.2. The molecule has 29 heavy (non-hydrogen) atoms. The van der Waals surface area contributed by atoms with Gasteiger partial charge in [-0.2, -0.15) is 5.10 Å². The number of hydrogen-bond donors (Lipinski definition) is 0. The number of hydrazone groups is 1. The zero-order valence-corrected chi connectivity index (χ0v) is 17.1. The standard InChI is InChI=1S/C22H22N4O2S/c1-2-13-25-21(28)17-10-6-7-11-19(17)23-22(25)29-15-20(27)26-14-12-18(24-26)16-8-4-3-5-9-16/h3-11H,2,12-15H2,1H3. The molecule has 0 spiro atoms. The highest BCUT2D eigenvalue weighted by atomic mass is 32.2. The molecule has 3 aromatic rings. The molecule has 0 fully saturated rings. The fraction of sp³-hybridized carbons (Fsp3) is 0.273. The molecule has 0 bridgehead atoms. The highest BCUT2D eigenvalue weighted by Gasteiger charge is 2.22. The zero-order chi connectivity index (χ0) is 20.2. The molecule has 2 heterocycles. The van der Waals surface area contributed by atoms with E-state index in [-0.39, 0.29) is 17.2 Å². The maximum atomic E-state index is 12.8. The molecule has 1 aromatic heterocycles. The number of fused-ring (bicyclic) bond motifs is 1. The number of carbonyl (C=O) groups is 1. The van der Waals surface area contributed by atoms with Crippen molar-refractivity contribution < 1.29 is 4.79 Å². The van der Waals surface area contributed by atoms with Crippen LogP contribution in [-0.4, -0.2) is 38.5 Å². The van der Waals surface area contributed by atoms with Gasteiger partial charge in [-0.3, -0.25) is 14.2 Å². The van der Waals surface area contributed by atoms with Crippen LogP contribution in [0.2, 0.25) is 0 Å². The lowest BCUT2D eigenvalue weighted by atomic mass is 10.1. The first kappa shape index (κ1) is 19.4. The Bertz CT molecular complexity index is 1120. The highest BCUT2D eigenvalue weighted by Crippen LogP contribution is 2.20. The number of para-hydroxylation sites is 1. The second-order valence-corrected chi connectivity index (χ2v) is 7.78. The molecule has 1 aliphatic rings. The molecule has 0 atom stereocenters. The highest BCUT2D eigenvalue weighted by molar-refractivity contribution is 7.99. The third-order valence-corrected chi connectivity index (χ3v) is 5.76. The predicted octanol–water partition coefficient (Wildman–Crippen LogP) is 3.54. The van der Waals surface area contributed by atoms with E-state index in [1.165, 1.54) is 16.8 Å². The number of thioether (sulfide) groups is 1. The van der Waals surface area contributed by atoms with Crippen LogP contribution in [0.3, 0.4) is 0 Å². The SMILES string of the molecule is CCCn1c(SCC(=O)N2CCC(c3ccccc3)=N2)nc2ccccc2c1=O. The van der Waals surface area contributed by atoms with Crippen molar-refractivity contribution in [1.82, 2.24) is 14.6 Å². The second kappa shape index (κ2) is 8.61. The monoisotopic (exact) mass is 406 g/mol. The van der Waals surface area contributed by atoms with Crippen molar-refractivity contribution in [3.05, 3.63) is 70.5 Å². The Morgan fingerprint density at radius 2 is 1.86 bits per heavy atom. The van der Waals surface area contributed by atoms with E-state index in [1.807, 2.05) is 55.5 Å². The van der Waals surface area contributed by atoms with Gasteiger partial charge in [0.15, 0.2) is 5.16 Å². The van der Waals surface area contributed by atoms with Crippen molar-refractivity contribution >= 4 is 34.3 Å². The van der Waals surface area contributed by atoms with Crippen LogP contribution < -0.4 is 5.56 Å². The van der Waals surface area contributed by atoms with E-state index in [4.69, 9.17) is 0 Å². The first-order valence-corrected chi connectivity index (χ1v) is 10.7. The van der Waals surface area contributed by atoms with Gasteiger partial charge in [0.25, 0.3) is 11.5 Å². The summed E-state index contributed by atoms with van der Waals surface area (Å²) in [4.78, 5) is 30.2. The third kappa shape index (κ3) is 4.10. The molecule has 0 saturated carbocycles. The Kier molecular flexibility index (Phi) is 5.76. The maximum Gasteiger partial charge on any atom is 0.262 e. The van der Waals surface area contributed by atoms with Gasteiger partial charge in [-0.1, -0.05) is 61.2 Å². The fourth-order valence-corrected chi connectivity index (χ4v) is 4.24. The van der Waals surface area contributed by atoms with Crippen LogP contribution in [-0.2, 0) is 11.3 Å². The smallest absolute Gasteiger partial charge is 0.262 e. The minimum Gasteiger partial charge on any atom is -0.287 e. The van der Waals surface area contributed by atoms with Crippen LogP contribution in [0.5, 0.6) is 0 Å². The van der Waals surface area contributed by atoms with Crippen molar-refractivity contribution in [3.8, 4) is 0 Å². The number of carbonyl (C=O) groups excluding carboxylic acids is 1. The lowest BCUT2D eigenvalue weighted by molar-refractivity contribution is -0.127. The quantitative estimate of drug-likeness (QED) is 0.464. The van der Waals surface area contributed by atoms with Gasteiger partial charge in [0, 0.05) is 13.0 Å². The van der Waals surface area contributed by atoms with Crippen molar-refractivity contribution in [2.24, 2.45) is 5.10 Å². The first-order chi connectivity index (χ1) is 14.2. The van der Waals surface area contributed by atoms with Crippen molar-refractivity contribution in [2.75, 3.05) is 12.3 Å². The van der Waals surface area contributed by atoms with Gasteiger partial charge >= 0.3 is 0 Å². The number of hydrogen-bond acceptors (Lipinski definition) is 5. The molecule has 0 N–H and O–H groups in total. The average Bonchev–Trinajstić information content (AvgIpc) is 3.25. The van der Waals surface area contributed by atoms with Crippen LogP contribution >= 0.6 is 11.8 Å². The van der Waals surface area contributed by atoms with Crippen molar-refractivity contribution in [1.29, 1.82) is 0 Å². The number of benzene rings is 2. The van der Waals surface area contributed by atoms with Gasteiger partial charge in [-0.25, -0.2) is 9.99 Å². The van der Waals surface area contributed by atoms with E-state index in [9.17, 15) is 9.59 Å². The van der Waals surface area contributed by atoms with Crippen LogP contribution in [0.1, 0.15) is 25.3 Å². The van der Waals surface area contributed by atoms with Crippen LogP contribution in [0.4, 0.5) is 0 Å². The van der Waals surface area contributed by atoms with Crippen molar-refractivity contribution in [2.45, 2.75) is 31.5 Å². The van der Waals surface area contributed by atoms with E-state index < -0.39 is 0 Å². The predicted molar refractivity (Wildman–Crippen MR) is 116 cm³/mol. The lowest BCUT2D eigenvalue weighted by Crippen LogP contribution is -2.27. The molecule has 2 aromatic carbocycles. The topological polar surface area (TPSA) is 67.6 Å². The summed E-state index contributed by atoms with van der Waals surface area (Å²) < 4.78 is 1.67. The number of aromatic nitrogens is 2. The molecule has 0 unspecified atom stereocenters. The summed E-state index contributed by atoms with van der Waals surface area (Å²) in [5.74, 6) is 0.117. The molecule has 7 heteroatoms. The molecule has 148 valence electrons. The summed E-state index contributed by atoms with van der Waals surface area (Å²) in [7, 11) is 0. The number of nitrogens with zero attached hydrogens (tertiary/aromatic N) is 4. The van der Waals surface area contributed by atoms with Crippen LogP contribution in [0.25, 0.3) is 10.9 Å². The van der Waals surface area contributed by atoms with E-state index in [1.54, 1.807) is 10.6 Å². The van der Waals surface area contributed by atoms with E-state index in [2.05, 4.69) is 10.1 Å². The molecule has 1 amide bonds. The number of amides is 1. The molecule has 1 aliphatic heterocycles. The lowest BCUT2D eigenvalue weighted by Gasteiger charge is -2.14. The van der Waals surface area contributed by atoms with Crippen molar-refractivity contribution in [3.63, 3.8) is 0 Å². The molecule has 0 radical (unpaired) electrons. The van der Waals surface area contributed by atoms with E-state index in [0.717, 1.165) is 24.1 Å². The Labute approximate surface area is 173 Å². The van der Waals surface area contributed by atoms with Gasteiger partial charge in [-0.15, -0.1) is 0 Å². The third-order valence-electron chi connectivity index (χ3n) is 4.80. The average molecular weight is 407 g/mol. The van der Waals surface area contributed by atoms with Gasteiger partial charge < -0.3 is 0 Å². The van der Waals surface area contributed by atoms with Gasteiger partial charge in [-0.05, 0) is 24.1 Å². The van der Waals surface area contributed by atoms with E-state index in [0.29, 0.717) is 29.1 Å². The Balaban J connectivity index is 1.52. The van der Waals surface area contributed by atoms with Gasteiger partial charge in [0.1, 0.15) is 0 Å². The summed E-state index contributed by atoms with van der Waals surface area (Å²) in [6.45, 7) is 3.18. The fourth-order valence-electron chi connectivity index (χ4n) is 3.35. The summed E-state index contributed by atoms with van der Waals surface area (Å²) in [6.07, 6.45) is 1.56. The summed E-state index contributed by atoms with van der Waals surface area (Å²) in [5.41, 5.74) is 2.57. The maximum absolute atomic E-state index is 12.8. The molecular formula is C22H22N4O2S. The normalized spacial score (nSPS) is 13.7. The first-order valence-electron chi connectivity index (χ1n) is 9.73. The van der Waals surface area contributed by atoms with Gasteiger partial charge in [0.2, 0.25) is 0 Å². The largest absolute Gasteiger partial charge is 0.287 e. The zero-order valence-electron chi connectivity index (χ0n) is 16.2. The number of rotatable bonds is 6. The molecule has 0 saturated heterocycles. The Morgan fingerprint density at radius 3 is 2.66 bits per heavy atom. The Morgan fingerprint density at radius 1 is 1.10 bits per heavy atom. The minimum atomic E-state index is -0.0774. The molecule has 4 rings (SSSR count). The van der Waals surface area contributed by atoms with Crippen LogP contribution in [0.15, 0.2) is 69.6 Å². The second-order valence-electron chi connectivity index (χ2n) is 6.84. The van der Waals surface area contributed by atoms with E-state index >= 15 is 0 Å². The van der Waals surface area contributed by atoms with Crippen LogP contribution in [0, 0.1) is 0 Å². The molecule has 6 nitrogen and oxygen atoms in total. The van der Waals surface area contributed by atoms with Gasteiger partial charge in [0.05, 0.1) is 28.9 Å². The minimum absolute atomic E-state index is 0.0574. The molecule has 0 aliphatic carbocycles. The molecular weight excluding hydrogens is 384 g/mol. The Hall–Kier alpha value is -2.93.